The average molecular weight is 482 g/mol. The molecule has 1 saturated heterocycles. The summed E-state index contributed by atoms with van der Waals surface area (Å²) in [5.74, 6) is -1.44. The smallest absolute Gasteiger partial charge is 0.346 e. The average Bonchev–Trinajstić information content (AvgIpc) is 2.83. The summed E-state index contributed by atoms with van der Waals surface area (Å²) in [4.78, 5) is 12.8. The van der Waals surface area contributed by atoms with Gasteiger partial charge in [-0.05, 0) is 30.3 Å². The summed E-state index contributed by atoms with van der Waals surface area (Å²) < 4.78 is 26.5. The highest BCUT2D eigenvalue weighted by Crippen LogP contribution is 2.37. The van der Waals surface area contributed by atoms with Crippen LogP contribution >= 0.6 is 0 Å². The van der Waals surface area contributed by atoms with Gasteiger partial charge in [0.05, 0.1) is 20.8 Å². The number of carbonyl (C=O) groups is 1. The molecule has 1 fully saturated rings. The third-order valence-electron chi connectivity index (χ3n) is 5.22. The first-order valence-corrected chi connectivity index (χ1v) is 10.1. The number of methoxy groups -OCH3 is 2. The van der Waals surface area contributed by atoms with Crippen LogP contribution in [0.5, 0.6) is 28.7 Å². The van der Waals surface area contributed by atoms with Crippen molar-refractivity contribution in [3.63, 3.8) is 0 Å². The summed E-state index contributed by atoms with van der Waals surface area (Å²) in [5, 5.41) is 59.3. The Kier molecular flexibility index (Phi) is 8.02. The van der Waals surface area contributed by atoms with Gasteiger partial charge in [0.15, 0.2) is 11.5 Å². The molecule has 1 aliphatic heterocycles. The maximum Gasteiger partial charge on any atom is 0.346 e. The Bertz CT molecular complexity index is 1010. The number of aliphatic hydroxyl groups excluding tert-OH is 4. The van der Waals surface area contributed by atoms with E-state index in [2.05, 4.69) is 0 Å². The van der Waals surface area contributed by atoms with E-state index in [1.165, 1.54) is 44.6 Å². The van der Waals surface area contributed by atoms with Gasteiger partial charge in [-0.2, -0.15) is 0 Å². The van der Waals surface area contributed by atoms with E-state index >= 15 is 0 Å². The van der Waals surface area contributed by atoms with Gasteiger partial charge >= 0.3 is 5.97 Å². The summed E-state index contributed by atoms with van der Waals surface area (Å²) in [6.45, 7) is -1.07. The molecule has 1 heterocycles. The molecule has 0 spiro atoms. The highest BCUT2D eigenvalue weighted by molar-refractivity contribution is 5.96. The van der Waals surface area contributed by atoms with Crippen LogP contribution in [-0.4, -0.2) is 88.1 Å². The number of phenols is 2. The number of phenolic OH excluding ortho intramolecular Hbond substituents is 2. The van der Waals surface area contributed by atoms with Crippen LogP contribution in [0, 0.1) is 0 Å². The lowest BCUT2D eigenvalue weighted by atomic mass is 9.99. The first kappa shape index (κ1) is 25.3. The minimum Gasteiger partial charge on any atom is -0.508 e. The monoisotopic (exact) mass is 482 g/mol. The van der Waals surface area contributed by atoms with Gasteiger partial charge in [0.25, 0.3) is 0 Å². The Hall–Kier alpha value is -3.29. The van der Waals surface area contributed by atoms with Crippen LogP contribution in [0.3, 0.4) is 0 Å². The molecular formula is C22H26O12. The van der Waals surface area contributed by atoms with Gasteiger partial charge < -0.3 is 54.3 Å². The number of aliphatic hydroxyl groups is 4. The van der Waals surface area contributed by atoms with Crippen LogP contribution in [0.25, 0.3) is 0 Å². The predicted octanol–water partition coefficient (Wildman–Crippen LogP) is -0.349. The molecular weight excluding hydrogens is 456 g/mol. The molecule has 1 aliphatic rings. The van der Waals surface area contributed by atoms with Crippen LogP contribution < -0.4 is 14.2 Å². The Morgan fingerprint density at radius 1 is 0.971 bits per heavy atom. The minimum absolute atomic E-state index is 0.0183. The second-order valence-corrected chi connectivity index (χ2v) is 7.38. The Labute approximate surface area is 194 Å². The number of ether oxygens (including phenoxy) is 5. The van der Waals surface area contributed by atoms with Crippen molar-refractivity contribution in [3.8, 4) is 28.7 Å². The topological polar surface area (TPSA) is 185 Å². The van der Waals surface area contributed by atoms with Crippen molar-refractivity contribution in [2.75, 3.05) is 20.8 Å². The van der Waals surface area contributed by atoms with E-state index in [0.717, 1.165) is 0 Å². The second kappa shape index (κ2) is 10.8. The summed E-state index contributed by atoms with van der Waals surface area (Å²) >= 11 is 0. The number of esters is 1. The van der Waals surface area contributed by atoms with E-state index in [4.69, 9.17) is 23.7 Å². The van der Waals surface area contributed by atoms with E-state index in [1.807, 2.05) is 0 Å². The van der Waals surface area contributed by atoms with Crippen LogP contribution in [0.2, 0.25) is 0 Å². The molecule has 186 valence electrons. The molecule has 3 rings (SSSR count). The van der Waals surface area contributed by atoms with Crippen molar-refractivity contribution in [1.82, 2.24) is 0 Å². The second-order valence-electron chi connectivity index (χ2n) is 7.38. The number of hydrogen-bond acceptors (Lipinski definition) is 12. The lowest BCUT2D eigenvalue weighted by molar-refractivity contribution is -0.277. The minimum atomic E-state index is -1.66. The lowest BCUT2D eigenvalue weighted by Gasteiger charge is -2.39. The van der Waals surface area contributed by atoms with E-state index in [9.17, 15) is 35.4 Å². The number of rotatable bonds is 8. The first-order valence-electron chi connectivity index (χ1n) is 10.1. The molecule has 34 heavy (non-hydrogen) atoms. The molecule has 2 aromatic carbocycles. The number of benzene rings is 2. The normalized spacial score (nSPS) is 24.4. The Morgan fingerprint density at radius 2 is 1.68 bits per heavy atom. The third kappa shape index (κ3) is 5.11. The Balaban J connectivity index is 1.82. The van der Waals surface area contributed by atoms with E-state index < -0.39 is 49.9 Å². The van der Waals surface area contributed by atoms with E-state index in [1.54, 1.807) is 0 Å². The molecule has 2 aromatic rings. The molecule has 12 nitrogen and oxygen atoms in total. The quantitative estimate of drug-likeness (QED) is 0.269. The van der Waals surface area contributed by atoms with Gasteiger partial charge in [-0.3, -0.25) is 0 Å². The van der Waals surface area contributed by atoms with Crippen LogP contribution in [-0.2, 0) is 16.1 Å². The fraction of sp³-hybridized carbons (Fsp3) is 0.409. The summed E-state index contributed by atoms with van der Waals surface area (Å²) in [6, 6.07) is 6.47. The number of carbonyl (C=O) groups excluding carboxylic acids is 1. The zero-order valence-corrected chi connectivity index (χ0v) is 18.3. The summed E-state index contributed by atoms with van der Waals surface area (Å²) in [5.41, 5.74) is -0.00930. The summed E-state index contributed by atoms with van der Waals surface area (Å²) in [7, 11) is 2.58. The lowest BCUT2D eigenvalue weighted by Crippen LogP contribution is -2.60. The maximum absolute atomic E-state index is 12.8. The van der Waals surface area contributed by atoms with Crippen molar-refractivity contribution in [3.05, 3.63) is 41.5 Å². The highest BCUT2D eigenvalue weighted by Gasteiger charge is 2.44. The van der Waals surface area contributed by atoms with Gasteiger partial charge in [0, 0.05) is 5.56 Å². The Morgan fingerprint density at radius 3 is 2.32 bits per heavy atom. The van der Waals surface area contributed by atoms with Crippen LogP contribution in [0.15, 0.2) is 30.3 Å². The molecule has 0 aliphatic carbocycles. The van der Waals surface area contributed by atoms with Crippen molar-refractivity contribution >= 4 is 5.97 Å². The van der Waals surface area contributed by atoms with Gasteiger partial charge in [0.1, 0.15) is 53.8 Å². The first-order chi connectivity index (χ1) is 16.2. The fourth-order valence-corrected chi connectivity index (χ4v) is 3.42. The highest BCUT2D eigenvalue weighted by atomic mass is 16.7. The van der Waals surface area contributed by atoms with Crippen LogP contribution in [0.4, 0.5) is 0 Å². The molecule has 0 amide bonds. The van der Waals surface area contributed by atoms with Crippen molar-refractivity contribution < 1.29 is 59.1 Å². The molecule has 0 bridgehead atoms. The van der Waals surface area contributed by atoms with Gasteiger partial charge in [-0.25, -0.2) is 4.79 Å². The maximum atomic E-state index is 12.8. The number of hydrogen-bond donors (Lipinski definition) is 6. The molecule has 5 atom stereocenters. The molecule has 6 N–H and O–H groups in total. The van der Waals surface area contributed by atoms with E-state index in [0.29, 0.717) is 0 Å². The van der Waals surface area contributed by atoms with Crippen molar-refractivity contribution in [2.24, 2.45) is 0 Å². The zero-order chi connectivity index (χ0) is 25.0. The standard InChI is InChI=1S/C22H26O12/c1-30-14-6-4-12(25)20(31-2)16(14)21(29)32-9-10-7-11(24)3-5-13(10)33-22-19(28)18(27)17(26)15(8-23)34-22/h3-7,15,17-19,22-28H,8-9H2,1-2H3/t15-,17-,18+,19-,22-/m1/s1. The third-order valence-corrected chi connectivity index (χ3v) is 5.22. The molecule has 12 heteroatoms. The SMILES string of the molecule is COc1ccc(O)c(OC)c1C(=O)OCc1cc(O)ccc1O[C@@H]1O[C@H](CO)[C@@H](O)[C@H](O)[C@H]1O. The summed E-state index contributed by atoms with van der Waals surface area (Å²) in [6.07, 6.45) is -7.55. The fourth-order valence-electron chi connectivity index (χ4n) is 3.42. The van der Waals surface area contributed by atoms with Gasteiger partial charge in [0.2, 0.25) is 6.29 Å². The largest absolute Gasteiger partial charge is 0.508 e. The van der Waals surface area contributed by atoms with Crippen molar-refractivity contribution in [2.45, 2.75) is 37.3 Å². The number of aromatic hydroxyl groups is 2. The molecule has 0 radical (unpaired) electrons. The molecule has 0 saturated carbocycles. The van der Waals surface area contributed by atoms with E-state index in [-0.39, 0.29) is 39.9 Å². The van der Waals surface area contributed by atoms with Crippen molar-refractivity contribution in [1.29, 1.82) is 0 Å². The molecule has 0 aromatic heterocycles. The molecule has 0 unspecified atom stereocenters. The van der Waals surface area contributed by atoms with Gasteiger partial charge in [-0.15, -0.1) is 0 Å². The van der Waals surface area contributed by atoms with Crippen LogP contribution in [0.1, 0.15) is 15.9 Å². The predicted molar refractivity (Wildman–Crippen MR) is 113 cm³/mol. The van der Waals surface area contributed by atoms with Gasteiger partial charge in [-0.1, -0.05) is 0 Å². The zero-order valence-electron chi connectivity index (χ0n) is 18.3.